The number of carbonyl (C=O) groups excluding carboxylic acids is 3. The number of aliphatic hydroxyl groups excluding tert-OH is 1. The van der Waals surface area contributed by atoms with E-state index in [4.69, 9.17) is 19.8 Å². The van der Waals surface area contributed by atoms with Crippen LogP contribution in [0.3, 0.4) is 0 Å². The summed E-state index contributed by atoms with van der Waals surface area (Å²) >= 11 is 0. The van der Waals surface area contributed by atoms with Gasteiger partial charge in [0, 0.05) is 22.6 Å². The number of nitrogens with one attached hydrogen (secondary N) is 2. The van der Waals surface area contributed by atoms with E-state index < -0.39 is 29.4 Å². The number of imide groups is 1. The molecule has 34 heavy (non-hydrogen) atoms. The summed E-state index contributed by atoms with van der Waals surface area (Å²) in [5.74, 6) is -0.802. The predicted octanol–water partition coefficient (Wildman–Crippen LogP) is 3.53. The SMILES string of the molecule is CC(C)(CC/C=C/C(=O)NO)[C@H](OC(=O)NC(=O)c1ccccc1)c1ccccc1OCCO. The van der Waals surface area contributed by atoms with E-state index in [-0.39, 0.29) is 13.2 Å². The minimum atomic E-state index is -0.918. The highest BCUT2D eigenvalue weighted by Crippen LogP contribution is 2.43. The van der Waals surface area contributed by atoms with Crippen LogP contribution in [-0.2, 0) is 9.53 Å². The first-order valence-electron chi connectivity index (χ1n) is 10.8. The van der Waals surface area contributed by atoms with Crippen LogP contribution in [-0.4, -0.2) is 41.4 Å². The summed E-state index contributed by atoms with van der Waals surface area (Å²) in [5.41, 5.74) is 1.75. The lowest BCUT2D eigenvalue weighted by molar-refractivity contribution is -0.124. The number of allylic oxidation sites excluding steroid dienone is 1. The Balaban J connectivity index is 2.26. The van der Waals surface area contributed by atoms with Gasteiger partial charge in [-0.15, -0.1) is 0 Å². The molecule has 0 unspecified atom stereocenters. The number of para-hydroxylation sites is 1. The normalized spacial score (nSPS) is 12.1. The van der Waals surface area contributed by atoms with Crippen LogP contribution in [0.1, 0.15) is 48.7 Å². The molecule has 2 aromatic carbocycles. The van der Waals surface area contributed by atoms with E-state index in [9.17, 15) is 14.4 Å². The first kappa shape index (κ1) is 26.6. The number of amides is 3. The molecule has 0 heterocycles. The minimum Gasteiger partial charge on any atom is -0.491 e. The van der Waals surface area contributed by atoms with E-state index in [1.54, 1.807) is 60.7 Å². The second kappa shape index (κ2) is 13.1. The molecular formula is C25H30N2O7. The van der Waals surface area contributed by atoms with Gasteiger partial charge in [0.25, 0.3) is 11.8 Å². The number of ether oxygens (including phenoxy) is 2. The molecular weight excluding hydrogens is 440 g/mol. The molecule has 0 saturated carbocycles. The number of alkyl carbamates (subject to hydrolysis) is 1. The zero-order valence-electron chi connectivity index (χ0n) is 19.2. The van der Waals surface area contributed by atoms with Crippen LogP contribution in [0.15, 0.2) is 66.7 Å². The van der Waals surface area contributed by atoms with Crippen molar-refractivity contribution >= 4 is 17.9 Å². The van der Waals surface area contributed by atoms with Crippen molar-refractivity contribution in [3.05, 3.63) is 77.9 Å². The van der Waals surface area contributed by atoms with Crippen LogP contribution in [0.2, 0.25) is 0 Å². The number of hydroxylamine groups is 1. The maximum Gasteiger partial charge on any atom is 0.414 e. The Bertz CT molecular complexity index is 990. The molecule has 0 radical (unpaired) electrons. The molecule has 0 bridgehead atoms. The van der Waals surface area contributed by atoms with Crippen molar-refractivity contribution in [3.8, 4) is 5.75 Å². The number of hydrogen-bond donors (Lipinski definition) is 4. The Kier molecular flexibility index (Phi) is 10.3. The largest absolute Gasteiger partial charge is 0.491 e. The van der Waals surface area contributed by atoms with E-state index in [0.29, 0.717) is 29.7 Å². The van der Waals surface area contributed by atoms with Crippen LogP contribution in [0.4, 0.5) is 4.79 Å². The molecule has 9 heteroatoms. The summed E-state index contributed by atoms with van der Waals surface area (Å²) < 4.78 is 11.4. The fourth-order valence-corrected chi connectivity index (χ4v) is 3.33. The van der Waals surface area contributed by atoms with Gasteiger partial charge in [0.1, 0.15) is 18.5 Å². The monoisotopic (exact) mass is 470 g/mol. The average molecular weight is 471 g/mol. The second-order valence-electron chi connectivity index (χ2n) is 8.12. The molecule has 2 rings (SSSR count). The molecule has 0 saturated heterocycles. The number of rotatable bonds is 11. The average Bonchev–Trinajstić information content (AvgIpc) is 2.84. The molecule has 4 N–H and O–H groups in total. The fraction of sp³-hybridized carbons (Fsp3) is 0.320. The van der Waals surface area contributed by atoms with Crippen LogP contribution in [0.5, 0.6) is 5.75 Å². The summed E-state index contributed by atoms with van der Waals surface area (Å²) in [7, 11) is 0. The third kappa shape index (κ3) is 8.02. The zero-order valence-corrected chi connectivity index (χ0v) is 19.2. The Morgan fingerprint density at radius 2 is 1.74 bits per heavy atom. The van der Waals surface area contributed by atoms with Crippen LogP contribution in [0, 0.1) is 5.41 Å². The maximum atomic E-state index is 12.7. The Labute approximate surface area is 198 Å². The lowest BCUT2D eigenvalue weighted by atomic mass is 9.78. The predicted molar refractivity (Wildman–Crippen MR) is 124 cm³/mol. The van der Waals surface area contributed by atoms with Crippen LogP contribution < -0.4 is 15.5 Å². The molecule has 9 nitrogen and oxygen atoms in total. The van der Waals surface area contributed by atoms with Gasteiger partial charge in [-0.25, -0.2) is 10.3 Å². The summed E-state index contributed by atoms with van der Waals surface area (Å²) in [5, 5.41) is 20.0. The highest BCUT2D eigenvalue weighted by atomic mass is 16.6. The maximum absolute atomic E-state index is 12.7. The molecule has 0 aliphatic carbocycles. The van der Waals surface area contributed by atoms with Crippen LogP contribution in [0.25, 0.3) is 0 Å². The molecule has 2 aromatic rings. The van der Waals surface area contributed by atoms with Crippen LogP contribution >= 0.6 is 0 Å². The summed E-state index contributed by atoms with van der Waals surface area (Å²) in [6.07, 6.45) is 1.99. The van der Waals surface area contributed by atoms with Crippen molar-refractivity contribution in [2.75, 3.05) is 13.2 Å². The van der Waals surface area contributed by atoms with E-state index in [2.05, 4.69) is 5.32 Å². The van der Waals surface area contributed by atoms with Gasteiger partial charge >= 0.3 is 6.09 Å². The minimum absolute atomic E-state index is 0.0574. The quantitative estimate of drug-likeness (QED) is 0.224. The summed E-state index contributed by atoms with van der Waals surface area (Å²) in [6, 6.07) is 15.3. The van der Waals surface area contributed by atoms with E-state index >= 15 is 0 Å². The van der Waals surface area contributed by atoms with Crippen molar-refractivity contribution in [1.82, 2.24) is 10.8 Å². The molecule has 0 aromatic heterocycles. The topological polar surface area (TPSA) is 134 Å². The first-order valence-corrected chi connectivity index (χ1v) is 10.8. The number of hydrogen-bond acceptors (Lipinski definition) is 7. The van der Waals surface area contributed by atoms with Gasteiger partial charge in [-0.3, -0.25) is 20.1 Å². The third-order valence-corrected chi connectivity index (χ3v) is 5.07. The standard InChI is InChI=1S/C25H30N2O7/c1-25(2,15-9-8-14-21(29)27-32)22(19-12-6-7-13-20(19)33-17-16-28)34-24(31)26-23(30)18-10-4-3-5-11-18/h3-8,10-14,22,28,32H,9,15-17H2,1-2H3,(H,27,29)(H,26,30,31)/b14-8+/t22-/m1/s1. The van der Waals surface area contributed by atoms with E-state index in [0.717, 1.165) is 0 Å². The lowest BCUT2D eigenvalue weighted by Gasteiger charge is -2.34. The summed E-state index contributed by atoms with van der Waals surface area (Å²) in [4.78, 5) is 36.3. The highest BCUT2D eigenvalue weighted by molar-refractivity contribution is 6.02. The Hall–Kier alpha value is -3.69. The number of benzene rings is 2. The second-order valence-corrected chi connectivity index (χ2v) is 8.12. The number of carbonyl (C=O) groups is 3. The van der Waals surface area contributed by atoms with Crippen molar-refractivity contribution < 1.29 is 34.2 Å². The Morgan fingerprint density at radius 3 is 2.41 bits per heavy atom. The van der Waals surface area contributed by atoms with Crippen molar-refractivity contribution in [1.29, 1.82) is 0 Å². The van der Waals surface area contributed by atoms with E-state index in [1.807, 2.05) is 13.8 Å². The van der Waals surface area contributed by atoms with Gasteiger partial charge in [-0.1, -0.05) is 56.3 Å². The van der Waals surface area contributed by atoms with Gasteiger partial charge in [0.05, 0.1) is 6.61 Å². The first-order chi connectivity index (χ1) is 16.3. The number of aliphatic hydroxyl groups is 1. The van der Waals surface area contributed by atoms with Gasteiger partial charge < -0.3 is 14.6 Å². The zero-order chi connectivity index (χ0) is 25.0. The highest BCUT2D eigenvalue weighted by Gasteiger charge is 2.36. The molecule has 0 fully saturated rings. The smallest absolute Gasteiger partial charge is 0.414 e. The Morgan fingerprint density at radius 1 is 1.06 bits per heavy atom. The lowest BCUT2D eigenvalue weighted by Crippen LogP contribution is -2.35. The summed E-state index contributed by atoms with van der Waals surface area (Å²) in [6.45, 7) is 3.63. The van der Waals surface area contributed by atoms with E-state index in [1.165, 1.54) is 11.6 Å². The van der Waals surface area contributed by atoms with Crippen molar-refractivity contribution in [2.24, 2.45) is 5.41 Å². The molecule has 0 spiro atoms. The van der Waals surface area contributed by atoms with Crippen molar-refractivity contribution in [3.63, 3.8) is 0 Å². The molecule has 0 aliphatic rings. The van der Waals surface area contributed by atoms with Gasteiger partial charge in [0.2, 0.25) is 0 Å². The fourth-order valence-electron chi connectivity index (χ4n) is 3.33. The van der Waals surface area contributed by atoms with Crippen molar-refractivity contribution in [2.45, 2.75) is 32.8 Å². The van der Waals surface area contributed by atoms with Gasteiger partial charge in [-0.2, -0.15) is 0 Å². The molecule has 0 aliphatic heterocycles. The third-order valence-electron chi connectivity index (χ3n) is 5.07. The van der Waals surface area contributed by atoms with Gasteiger partial charge in [0.15, 0.2) is 0 Å². The molecule has 182 valence electrons. The molecule has 1 atom stereocenters. The van der Waals surface area contributed by atoms with Gasteiger partial charge in [-0.05, 0) is 31.0 Å². The molecule has 3 amide bonds.